The first-order chi connectivity index (χ1) is 9.76. The quantitative estimate of drug-likeness (QED) is 0.868. The highest BCUT2D eigenvalue weighted by Gasteiger charge is 2.32. The number of nitriles is 1. The van der Waals surface area contributed by atoms with Gasteiger partial charge in [0.15, 0.2) is 5.78 Å². The summed E-state index contributed by atoms with van der Waals surface area (Å²) < 4.78 is 5.70. The molecule has 21 heavy (non-hydrogen) atoms. The summed E-state index contributed by atoms with van der Waals surface area (Å²) in [5, 5.41) is 10.2. The van der Waals surface area contributed by atoms with Crippen LogP contribution in [-0.4, -0.2) is 31.1 Å². The van der Waals surface area contributed by atoms with Gasteiger partial charge in [-0.15, -0.1) is 11.3 Å². The van der Waals surface area contributed by atoms with Crippen molar-refractivity contribution in [3.63, 3.8) is 0 Å². The summed E-state index contributed by atoms with van der Waals surface area (Å²) in [5.41, 5.74) is 6.50. The van der Waals surface area contributed by atoms with Gasteiger partial charge < -0.3 is 15.4 Å². The van der Waals surface area contributed by atoms with Gasteiger partial charge in [-0.25, -0.2) is 0 Å². The highest BCUT2D eigenvalue weighted by Crippen LogP contribution is 2.40. The Kier molecular flexibility index (Phi) is 4.26. The van der Waals surface area contributed by atoms with Crippen LogP contribution in [0.3, 0.4) is 0 Å². The maximum atomic E-state index is 12.2. The molecule has 0 aliphatic carbocycles. The lowest BCUT2D eigenvalue weighted by molar-refractivity contribution is -0.0275. The third-order valence-electron chi connectivity index (χ3n) is 3.50. The number of Topliss-reactive ketones (excluding diaryl/α,β-unsaturated/α-hetero) is 1. The van der Waals surface area contributed by atoms with Gasteiger partial charge in [0.2, 0.25) is 0 Å². The standard InChI is InChI=1S/C15H21N3O2S/c1-9(2)12(19)13-11(17)10(7-16)14(21-13)18-5-6-20-15(3,4)8-18/h9H,5-6,8,17H2,1-4H3. The van der Waals surface area contributed by atoms with Crippen molar-refractivity contribution >= 4 is 27.8 Å². The summed E-state index contributed by atoms with van der Waals surface area (Å²) >= 11 is 1.33. The van der Waals surface area contributed by atoms with Gasteiger partial charge in [0, 0.05) is 19.0 Å². The lowest BCUT2D eigenvalue weighted by atomic mass is 10.1. The summed E-state index contributed by atoms with van der Waals surface area (Å²) in [4.78, 5) is 14.8. The van der Waals surface area contributed by atoms with E-state index in [4.69, 9.17) is 10.5 Å². The van der Waals surface area contributed by atoms with Crippen LogP contribution >= 0.6 is 11.3 Å². The Bertz CT molecular complexity index is 599. The molecule has 2 rings (SSSR count). The Morgan fingerprint density at radius 2 is 2.19 bits per heavy atom. The van der Waals surface area contributed by atoms with E-state index in [1.807, 2.05) is 27.7 Å². The molecule has 1 aromatic heterocycles. The molecule has 2 heterocycles. The minimum absolute atomic E-state index is 0.00669. The number of nitrogens with two attached hydrogens (primary N) is 1. The second kappa shape index (κ2) is 5.66. The van der Waals surface area contributed by atoms with Gasteiger partial charge in [-0.2, -0.15) is 5.26 Å². The summed E-state index contributed by atoms with van der Waals surface area (Å²) in [6.07, 6.45) is 0. The number of nitrogen functional groups attached to an aromatic ring is 1. The van der Waals surface area contributed by atoms with Gasteiger partial charge in [-0.1, -0.05) is 13.8 Å². The Morgan fingerprint density at radius 1 is 1.52 bits per heavy atom. The zero-order valence-corrected chi connectivity index (χ0v) is 13.7. The summed E-state index contributed by atoms with van der Waals surface area (Å²) in [7, 11) is 0. The first-order valence-electron chi connectivity index (χ1n) is 7.02. The van der Waals surface area contributed by atoms with Crippen LogP contribution in [-0.2, 0) is 4.74 Å². The second-order valence-electron chi connectivity index (χ2n) is 6.19. The number of ketones is 1. The lowest BCUT2D eigenvalue weighted by Crippen LogP contribution is -2.48. The fourth-order valence-electron chi connectivity index (χ4n) is 2.40. The summed E-state index contributed by atoms with van der Waals surface area (Å²) in [6, 6.07) is 2.15. The van der Waals surface area contributed by atoms with Gasteiger partial charge >= 0.3 is 0 Å². The van der Waals surface area contributed by atoms with E-state index in [9.17, 15) is 10.1 Å². The van der Waals surface area contributed by atoms with E-state index >= 15 is 0 Å². The number of thiophene rings is 1. The van der Waals surface area contributed by atoms with Crippen LogP contribution in [0, 0.1) is 17.2 Å². The zero-order chi connectivity index (χ0) is 15.8. The van der Waals surface area contributed by atoms with E-state index in [-0.39, 0.29) is 17.3 Å². The number of hydrogen-bond acceptors (Lipinski definition) is 6. The number of morpholine rings is 1. The number of carbonyl (C=O) groups is 1. The van der Waals surface area contributed by atoms with Crippen LogP contribution in [0.2, 0.25) is 0 Å². The fraction of sp³-hybridized carbons (Fsp3) is 0.600. The molecule has 1 fully saturated rings. The smallest absolute Gasteiger partial charge is 0.177 e. The third-order valence-corrected chi connectivity index (χ3v) is 4.78. The number of ether oxygens (including phenoxy) is 1. The topological polar surface area (TPSA) is 79.3 Å². The molecule has 1 saturated heterocycles. The Morgan fingerprint density at radius 3 is 2.71 bits per heavy atom. The molecule has 0 spiro atoms. The van der Waals surface area contributed by atoms with Crippen LogP contribution in [0.15, 0.2) is 0 Å². The van der Waals surface area contributed by atoms with Crippen molar-refractivity contribution in [3.05, 3.63) is 10.4 Å². The van der Waals surface area contributed by atoms with Crippen LogP contribution in [0.5, 0.6) is 0 Å². The molecule has 0 aromatic carbocycles. The average Bonchev–Trinajstić information content (AvgIpc) is 2.73. The highest BCUT2D eigenvalue weighted by molar-refractivity contribution is 7.19. The van der Waals surface area contributed by atoms with Gasteiger partial charge in [0.1, 0.15) is 16.6 Å². The molecule has 1 aromatic rings. The third kappa shape index (κ3) is 3.04. The predicted molar refractivity (Wildman–Crippen MR) is 84.9 cm³/mol. The molecule has 0 amide bonds. The van der Waals surface area contributed by atoms with E-state index in [1.54, 1.807) is 0 Å². The largest absolute Gasteiger partial charge is 0.396 e. The SMILES string of the molecule is CC(C)C(=O)c1sc(N2CCOC(C)(C)C2)c(C#N)c1N. The number of carbonyl (C=O) groups excluding carboxylic acids is 1. The maximum Gasteiger partial charge on any atom is 0.177 e. The molecule has 0 atom stereocenters. The predicted octanol–water partition coefficient (Wildman–Crippen LogP) is 2.66. The Balaban J connectivity index is 2.43. The van der Waals surface area contributed by atoms with Gasteiger partial charge in [0.25, 0.3) is 0 Å². The van der Waals surface area contributed by atoms with E-state index < -0.39 is 0 Å². The van der Waals surface area contributed by atoms with Gasteiger partial charge in [-0.05, 0) is 13.8 Å². The molecule has 0 bridgehead atoms. The first-order valence-corrected chi connectivity index (χ1v) is 7.84. The molecule has 1 aliphatic heterocycles. The molecule has 0 unspecified atom stereocenters. The molecule has 114 valence electrons. The van der Waals surface area contributed by atoms with E-state index in [1.165, 1.54) is 11.3 Å². The fourth-order valence-corrected chi connectivity index (χ4v) is 3.68. The molecule has 0 saturated carbocycles. The normalized spacial score (nSPS) is 17.8. The van der Waals surface area contributed by atoms with Crippen LogP contribution in [0.1, 0.15) is 42.9 Å². The van der Waals surface area contributed by atoms with Crippen molar-refractivity contribution in [2.24, 2.45) is 5.92 Å². The number of hydrogen-bond donors (Lipinski definition) is 1. The molecule has 0 radical (unpaired) electrons. The maximum absolute atomic E-state index is 12.2. The Hall–Kier alpha value is -1.58. The van der Waals surface area contributed by atoms with Crippen LogP contribution in [0.25, 0.3) is 0 Å². The summed E-state index contributed by atoms with van der Waals surface area (Å²) in [6.45, 7) is 9.69. The van der Waals surface area contributed by atoms with Crippen LogP contribution in [0.4, 0.5) is 10.7 Å². The second-order valence-corrected chi connectivity index (χ2v) is 7.18. The van der Waals surface area contributed by atoms with Crippen molar-refractivity contribution in [1.82, 2.24) is 0 Å². The molecule has 6 heteroatoms. The van der Waals surface area contributed by atoms with Crippen molar-refractivity contribution < 1.29 is 9.53 Å². The number of anilines is 2. The Labute approximate surface area is 129 Å². The molecule has 5 nitrogen and oxygen atoms in total. The summed E-state index contributed by atoms with van der Waals surface area (Å²) in [5.74, 6) is -0.140. The number of rotatable bonds is 3. The lowest BCUT2D eigenvalue weighted by Gasteiger charge is -2.38. The van der Waals surface area contributed by atoms with Crippen molar-refractivity contribution in [3.8, 4) is 6.07 Å². The van der Waals surface area contributed by atoms with Crippen LogP contribution < -0.4 is 10.6 Å². The molecular formula is C15H21N3O2S. The van der Waals surface area contributed by atoms with Gasteiger partial charge in [-0.3, -0.25) is 4.79 Å². The molecule has 2 N–H and O–H groups in total. The van der Waals surface area contributed by atoms with E-state index in [0.717, 1.165) is 5.00 Å². The first kappa shape index (κ1) is 15.8. The van der Waals surface area contributed by atoms with Crippen molar-refractivity contribution in [1.29, 1.82) is 5.26 Å². The number of nitrogens with zero attached hydrogens (tertiary/aromatic N) is 2. The van der Waals surface area contributed by atoms with Crippen molar-refractivity contribution in [2.45, 2.75) is 33.3 Å². The minimum Gasteiger partial charge on any atom is -0.396 e. The average molecular weight is 307 g/mol. The van der Waals surface area contributed by atoms with Gasteiger partial charge in [0.05, 0.1) is 22.8 Å². The zero-order valence-electron chi connectivity index (χ0n) is 12.9. The molecule has 1 aliphatic rings. The monoisotopic (exact) mass is 307 g/mol. The van der Waals surface area contributed by atoms with Crippen molar-refractivity contribution in [2.75, 3.05) is 30.3 Å². The van der Waals surface area contributed by atoms with E-state index in [0.29, 0.717) is 35.8 Å². The highest BCUT2D eigenvalue weighted by atomic mass is 32.1. The van der Waals surface area contributed by atoms with E-state index in [2.05, 4.69) is 11.0 Å². The molecular weight excluding hydrogens is 286 g/mol. The minimum atomic E-state index is -0.272.